The maximum absolute atomic E-state index is 14.3. The van der Waals surface area contributed by atoms with Crippen molar-refractivity contribution in [1.82, 2.24) is 40.0 Å². The van der Waals surface area contributed by atoms with Crippen LogP contribution in [0.3, 0.4) is 0 Å². The van der Waals surface area contributed by atoms with Gasteiger partial charge in [-0.05, 0) is 88.4 Å². The summed E-state index contributed by atoms with van der Waals surface area (Å²) in [7, 11) is 0. The maximum atomic E-state index is 14.3. The molecule has 0 unspecified atom stereocenters. The molecule has 2 aliphatic heterocycles. The van der Waals surface area contributed by atoms with Crippen molar-refractivity contribution in [1.29, 1.82) is 0 Å². The lowest BCUT2D eigenvalue weighted by Crippen LogP contribution is -2.44. The molecule has 13 nitrogen and oxygen atoms in total. The monoisotopic (exact) mass is 841 g/mol. The maximum Gasteiger partial charge on any atom is 0.405 e. The van der Waals surface area contributed by atoms with Gasteiger partial charge >= 0.3 is 6.09 Å². The van der Waals surface area contributed by atoms with Crippen molar-refractivity contribution in [3.63, 3.8) is 0 Å². The van der Waals surface area contributed by atoms with Gasteiger partial charge in [0.2, 0.25) is 5.91 Å². The molecule has 320 valence electrons. The number of nitrogens with two attached hydrogens (primary N) is 1. The number of aromatic amines is 2. The molecular formula is C50H51N9O4. The number of benzene rings is 4. The van der Waals surface area contributed by atoms with E-state index in [1.165, 1.54) is 0 Å². The second-order valence-electron chi connectivity index (χ2n) is 16.8. The van der Waals surface area contributed by atoms with Gasteiger partial charge in [0, 0.05) is 37.6 Å². The summed E-state index contributed by atoms with van der Waals surface area (Å²) in [6.07, 6.45) is 8.68. The SMILES string of the molecule is CC(C)[C@H](OC(N)=O)C(=O)N1CCC[C@H]1c1ncc(-c2ccc3cc(-c4ccc(-c5cnc([C@@H]6CCCN6C(=O)[C@H](NCc6cccnc6)c6ccccc6)[nH]5)cc4)ccc3c2)[nH]1. The van der Waals surface area contributed by atoms with Crippen LogP contribution in [0.25, 0.3) is 44.4 Å². The number of nitrogens with one attached hydrogen (secondary N) is 3. The zero-order chi connectivity index (χ0) is 43.5. The summed E-state index contributed by atoms with van der Waals surface area (Å²) in [6.45, 7) is 5.42. The van der Waals surface area contributed by atoms with Gasteiger partial charge in [0.1, 0.15) is 17.7 Å². The van der Waals surface area contributed by atoms with Crippen molar-refractivity contribution in [2.45, 2.75) is 70.3 Å². The van der Waals surface area contributed by atoms with E-state index in [9.17, 15) is 14.4 Å². The fourth-order valence-corrected chi connectivity index (χ4v) is 9.01. The fourth-order valence-electron chi connectivity index (χ4n) is 9.01. The van der Waals surface area contributed by atoms with Crippen molar-refractivity contribution in [2.24, 2.45) is 11.7 Å². The molecule has 3 amide bonds. The number of amides is 3. The lowest BCUT2D eigenvalue weighted by Gasteiger charge is -2.29. The van der Waals surface area contributed by atoms with Crippen molar-refractivity contribution in [2.75, 3.05) is 13.1 Å². The van der Waals surface area contributed by atoms with Gasteiger partial charge in [0.15, 0.2) is 6.10 Å². The van der Waals surface area contributed by atoms with Crippen LogP contribution >= 0.6 is 0 Å². The van der Waals surface area contributed by atoms with Gasteiger partial charge < -0.3 is 30.2 Å². The molecular weight excluding hydrogens is 791 g/mol. The summed E-state index contributed by atoms with van der Waals surface area (Å²) in [5.41, 5.74) is 13.2. The standard InChI is InChI=1S/C50H51N9O4/c1-31(2)45(63-50(51)62)49(61)59-24-8-13-43(59)47-55-30-41(57-47)39-21-20-37-25-36(18-19-38(37)26-39)33-14-16-34(17-15-33)40-29-54-46(56-40)42-12-7-23-58(42)48(60)44(35-10-4-3-5-11-35)53-28-32-9-6-22-52-27-32/h3-6,9-11,14-22,25-27,29-31,42-45,53H,7-8,12-13,23-24,28H2,1-2H3,(H2,51,62)(H,54,56)(H,55,57)/t42-,43-,44+,45-/m0/s1. The van der Waals surface area contributed by atoms with Crippen LogP contribution in [0, 0.1) is 5.92 Å². The highest BCUT2D eigenvalue weighted by molar-refractivity contribution is 5.91. The number of aromatic nitrogens is 5. The van der Waals surface area contributed by atoms with Gasteiger partial charge in [-0.2, -0.15) is 0 Å². The van der Waals surface area contributed by atoms with Gasteiger partial charge in [-0.3, -0.25) is 19.9 Å². The number of H-pyrrole nitrogens is 2. The first-order valence-electron chi connectivity index (χ1n) is 21.7. The molecule has 3 aromatic heterocycles. The van der Waals surface area contributed by atoms with Crippen LogP contribution in [0.15, 0.2) is 128 Å². The van der Waals surface area contributed by atoms with Crippen LogP contribution in [0.5, 0.6) is 0 Å². The summed E-state index contributed by atoms with van der Waals surface area (Å²) in [5, 5.41) is 5.70. The van der Waals surface area contributed by atoms with E-state index in [0.717, 1.165) is 87.0 Å². The van der Waals surface area contributed by atoms with E-state index < -0.39 is 18.2 Å². The first-order chi connectivity index (χ1) is 30.7. The molecule has 2 saturated heterocycles. The Morgan fingerprint density at radius 2 is 1.30 bits per heavy atom. The number of hydrogen-bond donors (Lipinski definition) is 4. The van der Waals surface area contributed by atoms with E-state index in [-0.39, 0.29) is 29.8 Å². The number of likely N-dealkylation sites (tertiary alicyclic amines) is 2. The smallest absolute Gasteiger partial charge is 0.405 e. The summed E-state index contributed by atoms with van der Waals surface area (Å²) in [4.78, 5) is 63.7. The lowest BCUT2D eigenvalue weighted by atomic mass is 9.98. The van der Waals surface area contributed by atoms with Crippen LogP contribution in [0.2, 0.25) is 0 Å². The van der Waals surface area contributed by atoms with E-state index in [0.29, 0.717) is 25.5 Å². The Kier molecular flexibility index (Phi) is 11.8. The summed E-state index contributed by atoms with van der Waals surface area (Å²) < 4.78 is 5.20. The molecule has 0 aliphatic carbocycles. The molecule has 2 aliphatic rings. The molecule has 0 bridgehead atoms. The number of nitrogens with zero attached hydrogens (tertiary/aromatic N) is 5. The lowest BCUT2D eigenvalue weighted by molar-refractivity contribution is -0.143. The molecule has 4 atom stereocenters. The Balaban J connectivity index is 0.869. The van der Waals surface area contributed by atoms with Crippen LogP contribution in [0.4, 0.5) is 4.79 Å². The quantitative estimate of drug-likeness (QED) is 0.0892. The minimum atomic E-state index is -0.956. The molecule has 63 heavy (non-hydrogen) atoms. The van der Waals surface area contributed by atoms with E-state index >= 15 is 0 Å². The predicted octanol–water partition coefficient (Wildman–Crippen LogP) is 8.66. The zero-order valence-electron chi connectivity index (χ0n) is 35.4. The minimum absolute atomic E-state index is 0.0358. The molecule has 7 aromatic rings. The second-order valence-corrected chi connectivity index (χ2v) is 16.8. The molecule has 0 saturated carbocycles. The molecule has 5 N–H and O–H groups in total. The van der Waals surface area contributed by atoms with E-state index in [1.54, 1.807) is 11.1 Å². The van der Waals surface area contributed by atoms with Crippen LogP contribution in [0.1, 0.15) is 80.4 Å². The Morgan fingerprint density at radius 1 is 0.714 bits per heavy atom. The van der Waals surface area contributed by atoms with Gasteiger partial charge in [0.05, 0.1) is 35.9 Å². The van der Waals surface area contributed by atoms with Crippen molar-refractivity contribution in [3.05, 3.63) is 151 Å². The van der Waals surface area contributed by atoms with Crippen LogP contribution in [-0.2, 0) is 20.9 Å². The van der Waals surface area contributed by atoms with Crippen LogP contribution < -0.4 is 11.1 Å². The molecule has 2 fully saturated rings. The van der Waals surface area contributed by atoms with Crippen molar-refractivity contribution < 1.29 is 19.1 Å². The Labute approximate surface area is 366 Å². The average molecular weight is 842 g/mol. The highest BCUT2D eigenvalue weighted by atomic mass is 16.6. The summed E-state index contributed by atoms with van der Waals surface area (Å²) >= 11 is 0. The van der Waals surface area contributed by atoms with Crippen LogP contribution in [-0.4, -0.2) is 71.8 Å². The molecule has 0 spiro atoms. The number of rotatable bonds is 13. The van der Waals surface area contributed by atoms with Gasteiger partial charge in [-0.25, -0.2) is 14.8 Å². The van der Waals surface area contributed by atoms with E-state index in [1.807, 2.05) is 79.8 Å². The number of hydrogen-bond acceptors (Lipinski definition) is 8. The number of fused-ring (bicyclic) bond motifs is 1. The highest BCUT2D eigenvalue weighted by Gasteiger charge is 2.39. The van der Waals surface area contributed by atoms with E-state index in [4.69, 9.17) is 20.4 Å². The zero-order valence-corrected chi connectivity index (χ0v) is 35.4. The number of carbonyl (C=O) groups is 3. The first-order valence-corrected chi connectivity index (χ1v) is 21.7. The van der Waals surface area contributed by atoms with Crippen molar-refractivity contribution in [3.8, 4) is 33.6 Å². The van der Waals surface area contributed by atoms with Crippen molar-refractivity contribution >= 4 is 28.7 Å². The molecule has 4 aromatic carbocycles. The largest absolute Gasteiger partial charge is 0.436 e. The number of primary amides is 1. The van der Waals surface area contributed by atoms with Gasteiger partial charge in [-0.1, -0.05) is 98.8 Å². The topological polar surface area (TPSA) is 175 Å². The number of carbonyl (C=O) groups excluding carboxylic acids is 3. The Morgan fingerprint density at radius 3 is 1.92 bits per heavy atom. The Hall–Kier alpha value is -7.12. The minimum Gasteiger partial charge on any atom is -0.436 e. The Bertz CT molecular complexity index is 2720. The van der Waals surface area contributed by atoms with Gasteiger partial charge in [0.25, 0.3) is 5.91 Å². The summed E-state index contributed by atoms with van der Waals surface area (Å²) in [6, 6.07) is 34.2. The van der Waals surface area contributed by atoms with E-state index in [2.05, 4.69) is 80.9 Å². The normalized spacial score (nSPS) is 17.3. The number of imidazole rings is 2. The second kappa shape index (κ2) is 18.1. The summed E-state index contributed by atoms with van der Waals surface area (Å²) in [5.74, 6) is 1.07. The third-order valence-electron chi connectivity index (χ3n) is 12.3. The fraction of sp³-hybridized carbons (Fsp3) is 0.280. The molecule has 5 heterocycles. The third kappa shape index (κ3) is 8.82. The first kappa shape index (κ1) is 41.2. The van der Waals surface area contributed by atoms with Gasteiger partial charge in [-0.15, -0.1) is 0 Å². The average Bonchev–Trinajstić information content (AvgIpc) is 4.16. The molecule has 13 heteroatoms. The number of pyridine rings is 1. The highest BCUT2D eigenvalue weighted by Crippen LogP contribution is 2.36. The predicted molar refractivity (Wildman–Crippen MR) is 241 cm³/mol. The molecule has 0 radical (unpaired) electrons. The molecule has 9 rings (SSSR count). The number of ether oxygens (including phenoxy) is 1. The third-order valence-corrected chi connectivity index (χ3v) is 12.3.